The zero-order valence-electron chi connectivity index (χ0n) is 13.3. The Bertz CT molecular complexity index is 708. The predicted octanol–water partition coefficient (Wildman–Crippen LogP) is 4.18. The van der Waals surface area contributed by atoms with Crippen LogP contribution in [0.25, 0.3) is 0 Å². The second-order valence-electron chi connectivity index (χ2n) is 5.10. The van der Waals surface area contributed by atoms with Gasteiger partial charge in [-0.25, -0.2) is 9.79 Å². The molecule has 120 valence electrons. The summed E-state index contributed by atoms with van der Waals surface area (Å²) < 4.78 is 5.27. The quantitative estimate of drug-likeness (QED) is 0.604. The van der Waals surface area contributed by atoms with E-state index in [1.165, 1.54) is 4.90 Å². The van der Waals surface area contributed by atoms with E-state index in [1.807, 2.05) is 36.6 Å². The summed E-state index contributed by atoms with van der Waals surface area (Å²) in [6.45, 7) is 4.05. The minimum absolute atomic E-state index is 0.191. The Morgan fingerprint density at radius 2 is 2.13 bits per heavy atom. The first-order valence-corrected chi connectivity index (χ1v) is 9.48. The maximum atomic E-state index is 12.5. The molecule has 0 amide bonds. The monoisotopic (exact) mass is 346 g/mol. The van der Waals surface area contributed by atoms with Crippen molar-refractivity contribution in [3.8, 4) is 0 Å². The molecule has 6 heteroatoms. The number of carbonyl (C=O) groups excluding carboxylic acids is 1. The van der Waals surface area contributed by atoms with Crippen LogP contribution in [0, 0.1) is 0 Å². The van der Waals surface area contributed by atoms with Crippen LogP contribution in [0.3, 0.4) is 0 Å². The fourth-order valence-electron chi connectivity index (χ4n) is 2.68. The van der Waals surface area contributed by atoms with Crippen LogP contribution in [0.1, 0.15) is 25.5 Å². The number of hydrogen-bond donors (Lipinski definition) is 0. The number of aliphatic imine (C=N–C) groups is 1. The summed E-state index contributed by atoms with van der Waals surface area (Å²) in [5, 5.41) is 2.89. The molecule has 2 heterocycles. The first-order valence-electron chi connectivity index (χ1n) is 7.38. The molecule has 2 aliphatic heterocycles. The average molecular weight is 346 g/mol. The van der Waals surface area contributed by atoms with Gasteiger partial charge in [0, 0.05) is 11.1 Å². The summed E-state index contributed by atoms with van der Waals surface area (Å²) in [5.41, 5.74) is 2.40. The van der Waals surface area contributed by atoms with E-state index in [9.17, 15) is 4.79 Å². The molecule has 23 heavy (non-hydrogen) atoms. The van der Waals surface area contributed by atoms with Crippen molar-refractivity contribution in [2.24, 2.45) is 4.99 Å². The average Bonchev–Trinajstić information content (AvgIpc) is 3.01. The zero-order chi connectivity index (χ0) is 16.4. The molecule has 0 aromatic heterocycles. The lowest BCUT2D eigenvalue weighted by molar-refractivity contribution is -0.139. The number of nitrogens with zero attached hydrogens (tertiary/aromatic N) is 2. The number of carbonyl (C=O) groups is 1. The third-order valence-corrected chi connectivity index (χ3v) is 5.26. The molecular weight excluding hydrogens is 328 g/mol. The second kappa shape index (κ2) is 6.84. The maximum absolute atomic E-state index is 12.5. The number of benzene rings is 1. The van der Waals surface area contributed by atoms with Gasteiger partial charge in [-0.3, -0.25) is 0 Å². The molecule has 0 saturated carbocycles. The van der Waals surface area contributed by atoms with Gasteiger partial charge >= 0.3 is 5.97 Å². The Labute approximate surface area is 144 Å². The molecule has 0 aliphatic carbocycles. The van der Waals surface area contributed by atoms with Crippen molar-refractivity contribution < 1.29 is 9.53 Å². The van der Waals surface area contributed by atoms with E-state index < -0.39 is 0 Å². The highest BCUT2D eigenvalue weighted by molar-refractivity contribution is 8.16. The number of ether oxygens (including phenoxy) is 1. The first-order chi connectivity index (χ1) is 11.2. The SMILES string of the molecule is CCOC(=O)C1=C(C)N=C2SC=CN2C1c1ccc(SC)cc1. The molecule has 3 rings (SSSR count). The van der Waals surface area contributed by atoms with Crippen LogP contribution < -0.4 is 0 Å². The van der Waals surface area contributed by atoms with E-state index in [0.717, 1.165) is 16.4 Å². The number of thioether (sulfide) groups is 2. The number of amidine groups is 1. The summed E-state index contributed by atoms with van der Waals surface area (Å²) in [6.07, 6.45) is 4.02. The topological polar surface area (TPSA) is 41.9 Å². The lowest BCUT2D eigenvalue weighted by atomic mass is 9.95. The van der Waals surface area contributed by atoms with Gasteiger partial charge in [-0.15, -0.1) is 11.8 Å². The van der Waals surface area contributed by atoms with Crippen LogP contribution in [0.4, 0.5) is 0 Å². The van der Waals surface area contributed by atoms with Crippen molar-refractivity contribution >= 4 is 34.7 Å². The molecule has 2 aliphatic rings. The third-order valence-electron chi connectivity index (χ3n) is 3.75. The number of fused-ring (bicyclic) bond motifs is 1. The normalized spacial score (nSPS) is 19.7. The van der Waals surface area contributed by atoms with E-state index in [-0.39, 0.29) is 12.0 Å². The molecular formula is C17H18N2O2S2. The Morgan fingerprint density at radius 1 is 1.39 bits per heavy atom. The molecule has 1 aromatic rings. The predicted molar refractivity (Wildman–Crippen MR) is 96.3 cm³/mol. The molecule has 1 unspecified atom stereocenters. The molecule has 0 fully saturated rings. The highest BCUT2D eigenvalue weighted by Crippen LogP contribution is 2.41. The highest BCUT2D eigenvalue weighted by atomic mass is 32.2. The van der Waals surface area contributed by atoms with Gasteiger partial charge in [0.05, 0.1) is 23.9 Å². The Hall–Kier alpha value is -1.66. The lowest BCUT2D eigenvalue weighted by Gasteiger charge is -2.33. The molecule has 0 bridgehead atoms. The van der Waals surface area contributed by atoms with Gasteiger partial charge in [-0.1, -0.05) is 23.9 Å². The van der Waals surface area contributed by atoms with E-state index in [4.69, 9.17) is 4.74 Å². The smallest absolute Gasteiger partial charge is 0.338 e. The summed E-state index contributed by atoms with van der Waals surface area (Å²) in [5.74, 6) is -0.294. The summed E-state index contributed by atoms with van der Waals surface area (Å²) >= 11 is 3.27. The highest BCUT2D eigenvalue weighted by Gasteiger charge is 2.37. The van der Waals surface area contributed by atoms with Crippen LogP contribution in [0.2, 0.25) is 0 Å². The van der Waals surface area contributed by atoms with Crippen molar-refractivity contribution in [1.82, 2.24) is 4.90 Å². The largest absolute Gasteiger partial charge is 0.463 e. The summed E-state index contributed by atoms with van der Waals surface area (Å²) in [6, 6.07) is 8.11. The molecule has 0 radical (unpaired) electrons. The number of rotatable bonds is 4. The minimum atomic E-state index is -0.294. The van der Waals surface area contributed by atoms with Gasteiger partial charge in [0.1, 0.15) is 0 Å². The minimum Gasteiger partial charge on any atom is -0.463 e. The molecule has 0 spiro atoms. The van der Waals surface area contributed by atoms with Gasteiger partial charge < -0.3 is 9.64 Å². The molecule has 0 N–H and O–H groups in total. The molecule has 4 nitrogen and oxygen atoms in total. The van der Waals surface area contributed by atoms with Crippen LogP contribution in [0.15, 0.2) is 57.0 Å². The summed E-state index contributed by atoms with van der Waals surface area (Å²) in [7, 11) is 0. The Balaban J connectivity index is 2.06. The van der Waals surface area contributed by atoms with Crippen LogP contribution in [0.5, 0.6) is 0 Å². The van der Waals surface area contributed by atoms with Crippen LogP contribution >= 0.6 is 23.5 Å². The summed E-state index contributed by atoms with van der Waals surface area (Å²) in [4.78, 5) is 20.3. The number of allylic oxidation sites excluding steroid dienone is 1. The van der Waals surface area contributed by atoms with E-state index in [0.29, 0.717) is 12.2 Å². The first kappa shape index (κ1) is 16.2. The van der Waals surface area contributed by atoms with Gasteiger partial charge in [0.25, 0.3) is 0 Å². The fourth-order valence-corrected chi connectivity index (χ4v) is 3.88. The Kier molecular flexibility index (Phi) is 4.82. The van der Waals surface area contributed by atoms with Crippen molar-refractivity contribution in [3.63, 3.8) is 0 Å². The van der Waals surface area contributed by atoms with Gasteiger partial charge in [0.2, 0.25) is 0 Å². The van der Waals surface area contributed by atoms with Crippen LogP contribution in [-0.2, 0) is 9.53 Å². The second-order valence-corrected chi connectivity index (χ2v) is 6.85. The fraction of sp³-hybridized carbons (Fsp3) is 0.294. The van der Waals surface area contributed by atoms with Gasteiger partial charge in [-0.05, 0) is 43.2 Å². The molecule has 0 saturated heterocycles. The third kappa shape index (κ3) is 3.05. The number of esters is 1. The number of hydrogen-bond acceptors (Lipinski definition) is 6. The van der Waals surface area contributed by atoms with Crippen LogP contribution in [-0.4, -0.2) is 28.9 Å². The van der Waals surface area contributed by atoms with Gasteiger partial charge in [-0.2, -0.15) is 0 Å². The Morgan fingerprint density at radius 3 is 2.78 bits per heavy atom. The lowest BCUT2D eigenvalue weighted by Crippen LogP contribution is -2.34. The van der Waals surface area contributed by atoms with Crippen molar-refractivity contribution in [1.29, 1.82) is 0 Å². The molecule has 1 aromatic carbocycles. The standard InChI is InChI=1S/C17H18N2O2S2/c1-4-21-16(20)14-11(2)18-17-19(9-10-23-17)15(14)12-5-7-13(22-3)8-6-12/h5-10,15H,4H2,1-3H3. The maximum Gasteiger partial charge on any atom is 0.338 e. The van der Waals surface area contributed by atoms with E-state index in [2.05, 4.69) is 29.3 Å². The van der Waals surface area contributed by atoms with Crippen molar-refractivity contribution in [2.75, 3.05) is 12.9 Å². The van der Waals surface area contributed by atoms with E-state index >= 15 is 0 Å². The van der Waals surface area contributed by atoms with Crippen molar-refractivity contribution in [3.05, 3.63) is 52.7 Å². The van der Waals surface area contributed by atoms with E-state index in [1.54, 1.807) is 23.5 Å². The zero-order valence-corrected chi connectivity index (χ0v) is 14.9. The van der Waals surface area contributed by atoms with Gasteiger partial charge in [0.15, 0.2) is 5.17 Å². The molecule has 1 atom stereocenters. The van der Waals surface area contributed by atoms with Crippen molar-refractivity contribution in [2.45, 2.75) is 24.8 Å².